The second-order valence-electron chi connectivity index (χ2n) is 7.32. The van der Waals surface area contributed by atoms with Gasteiger partial charge in [-0.25, -0.2) is 13.2 Å². The van der Waals surface area contributed by atoms with Crippen LogP contribution in [0.5, 0.6) is 0 Å². The van der Waals surface area contributed by atoms with E-state index in [0.29, 0.717) is 12.0 Å². The molecule has 1 atom stereocenters. The quantitative estimate of drug-likeness (QED) is 0.518. The number of hydrogen-bond acceptors (Lipinski definition) is 6. The Kier molecular flexibility index (Phi) is 6.36. The van der Waals surface area contributed by atoms with Crippen LogP contribution < -0.4 is 5.32 Å². The molecule has 1 aliphatic carbocycles. The van der Waals surface area contributed by atoms with Crippen molar-refractivity contribution < 1.29 is 27.5 Å². The van der Waals surface area contributed by atoms with Crippen LogP contribution in [0.3, 0.4) is 0 Å². The number of nitrogens with one attached hydrogen (secondary N) is 1. The van der Waals surface area contributed by atoms with Gasteiger partial charge < -0.3 is 15.0 Å². The van der Waals surface area contributed by atoms with E-state index in [-0.39, 0.29) is 29.3 Å². The summed E-state index contributed by atoms with van der Waals surface area (Å²) in [5, 5.41) is 2.43. The van der Waals surface area contributed by atoms with Gasteiger partial charge in [0.1, 0.15) is 5.70 Å². The maximum absolute atomic E-state index is 12.7. The number of ether oxygens (including phenoxy) is 1. The Labute approximate surface area is 169 Å². The molecule has 1 aliphatic heterocycles. The maximum atomic E-state index is 12.7. The van der Waals surface area contributed by atoms with Crippen molar-refractivity contribution in [1.29, 1.82) is 0 Å². The summed E-state index contributed by atoms with van der Waals surface area (Å²) >= 11 is 0. The van der Waals surface area contributed by atoms with Crippen molar-refractivity contribution >= 4 is 33.7 Å². The summed E-state index contributed by atoms with van der Waals surface area (Å²) in [5.41, 5.74) is 0.619. The first-order valence-corrected chi connectivity index (χ1v) is 11.3. The molecule has 2 aliphatic rings. The third-order valence-electron chi connectivity index (χ3n) is 4.80. The van der Waals surface area contributed by atoms with E-state index < -0.39 is 34.2 Å². The van der Waals surface area contributed by atoms with E-state index >= 15 is 0 Å². The zero-order valence-corrected chi connectivity index (χ0v) is 17.0. The van der Waals surface area contributed by atoms with E-state index in [0.717, 1.165) is 12.8 Å². The lowest BCUT2D eigenvalue weighted by atomic mass is 10.2. The van der Waals surface area contributed by atoms with E-state index in [4.69, 9.17) is 4.74 Å². The fourth-order valence-corrected chi connectivity index (χ4v) is 5.10. The summed E-state index contributed by atoms with van der Waals surface area (Å²) in [6, 6.07) is 8.56. The number of esters is 1. The van der Waals surface area contributed by atoms with Gasteiger partial charge in [0, 0.05) is 19.0 Å². The van der Waals surface area contributed by atoms with E-state index in [1.54, 1.807) is 29.2 Å². The molecule has 1 saturated heterocycles. The summed E-state index contributed by atoms with van der Waals surface area (Å²) < 4.78 is 28.7. The fraction of sp³-hybridized carbons (Fsp3) is 0.450. The Hall–Kier alpha value is -2.68. The highest BCUT2D eigenvalue weighted by Crippen LogP contribution is 2.32. The Bertz CT molecular complexity index is 922. The average molecular weight is 420 g/mol. The standard InChI is InChI=1S/C20H24N2O6S/c1-14(23)21-18(11-15-5-3-2-4-6-15)20(25)28-12-19(24)22(16-7-8-16)17-9-10-29(26,27)13-17/h2-6,11,16-17H,7-10,12-13H2,1H3,(H,21,23)/b18-11-/t17-/m1/s1. The minimum absolute atomic E-state index is 0.00850. The number of sulfone groups is 1. The molecule has 156 valence electrons. The van der Waals surface area contributed by atoms with Crippen LogP contribution in [0, 0.1) is 0 Å². The molecule has 1 N–H and O–H groups in total. The molecule has 29 heavy (non-hydrogen) atoms. The van der Waals surface area contributed by atoms with Crippen LogP contribution in [-0.2, 0) is 29.0 Å². The highest BCUT2D eigenvalue weighted by molar-refractivity contribution is 7.91. The van der Waals surface area contributed by atoms with Gasteiger partial charge in [-0.2, -0.15) is 0 Å². The van der Waals surface area contributed by atoms with Gasteiger partial charge in [-0.3, -0.25) is 9.59 Å². The zero-order chi connectivity index (χ0) is 21.0. The van der Waals surface area contributed by atoms with Crippen LogP contribution >= 0.6 is 0 Å². The first kappa shape index (κ1) is 21.0. The van der Waals surface area contributed by atoms with Crippen molar-refractivity contribution in [3.8, 4) is 0 Å². The van der Waals surface area contributed by atoms with Gasteiger partial charge in [-0.1, -0.05) is 30.3 Å². The van der Waals surface area contributed by atoms with Crippen LogP contribution in [0.25, 0.3) is 6.08 Å². The van der Waals surface area contributed by atoms with Crippen LogP contribution in [0.2, 0.25) is 0 Å². The lowest BCUT2D eigenvalue weighted by Crippen LogP contribution is -2.45. The summed E-state index contributed by atoms with van der Waals surface area (Å²) in [6.45, 7) is 0.768. The first-order valence-electron chi connectivity index (χ1n) is 9.48. The molecule has 8 nitrogen and oxygen atoms in total. The van der Waals surface area contributed by atoms with Gasteiger partial charge in [0.25, 0.3) is 5.91 Å². The summed E-state index contributed by atoms with van der Waals surface area (Å²) in [6.07, 6.45) is 3.52. The molecular weight excluding hydrogens is 396 g/mol. The van der Waals surface area contributed by atoms with Crippen molar-refractivity contribution in [2.45, 2.75) is 38.3 Å². The molecule has 1 aromatic rings. The number of carbonyl (C=O) groups is 3. The van der Waals surface area contributed by atoms with Gasteiger partial charge in [0.15, 0.2) is 16.4 Å². The van der Waals surface area contributed by atoms with Gasteiger partial charge in [-0.05, 0) is 30.9 Å². The van der Waals surface area contributed by atoms with Crippen LogP contribution in [0.4, 0.5) is 0 Å². The Balaban J connectivity index is 1.66. The average Bonchev–Trinajstić information content (AvgIpc) is 3.42. The van der Waals surface area contributed by atoms with Crippen molar-refractivity contribution in [1.82, 2.24) is 10.2 Å². The number of hydrogen-bond donors (Lipinski definition) is 1. The second kappa shape index (κ2) is 8.77. The van der Waals surface area contributed by atoms with Crippen LogP contribution in [-0.4, -0.2) is 61.3 Å². The molecule has 1 heterocycles. The monoisotopic (exact) mass is 420 g/mol. The minimum Gasteiger partial charge on any atom is -0.451 e. The van der Waals surface area contributed by atoms with Gasteiger partial charge in [-0.15, -0.1) is 0 Å². The Morgan fingerprint density at radius 1 is 1.14 bits per heavy atom. The van der Waals surface area contributed by atoms with Crippen molar-refractivity contribution in [3.05, 3.63) is 41.6 Å². The van der Waals surface area contributed by atoms with Crippen molar-refractivity contribution in [3.63, 3.8) is 0 Å². The lowest BCUT2D eigenvalue weighted by molar-refractivity contribution is -0.150. The topological polar surface area (TPSA) is 110 Å². The zero-order valence-electron chi connectivity index (χ0n) is 16.2. The minimum atomic E-state index is -3.13. The number of carbonyl (C=O) groups excluding carboxylic acids is 3. The molecule has 2 fully saturated rings. The third-order valence-corrected chi connectivity index (χ3v) is 6.55. The molecular formula is C20H24N2O6S. The second-order valence-corrected chi connectivity index (χ2v) is 9.54. The predicted octanol–water partition coefficient (Wildman–Crippen LogP) is 0.885. The maximum Gasteiger partial charge on any atom is 0.355 e. The molecule has 1 aromatic carbocycles. The van der Waals surface area contributed by atoms with Gasteiger partial charge in [0.2, 0.25) is 5.91 Å². The summed E-state index contributed by atoms with van der Waals surface area (Å²) in [7, 11) is -3.13. The SMILES string of the molecule is CC(=O)N/C(=C\c1ccccc1)C(=O)OCC(=O)N(C1CC1)[C@@H]1CCS(=O)(=O)C1. The first-order chi connectivity index (χ1) is 13.7. The van der Waals surface area contributed by atoms with Crippen LogP contribution in [0.1, 0.15) is 31.7 Å². The summed E-state index contributed by atoms with van der Waals surface area (Å²) in [5.74, 6) is -1.66. The van der Waals surface area contributed by atoms with E-state index in [2.05, 4.69) is 5.32 Å². The highest BCUT2D eigenvalue weighted by Gasteiger charge is 2.42. The van der Waals surface area contributed by atoms with Crippen molar-refractivity contribution in [2.24, 2.45) is 0 Å². The molecule has 0 bridgehead atoms. The molecule has 3 rings (SSSR count). The van der Waals surface area contributed by atoms with Crippen LogP contribution in [0.15, 0.2) is 36.0 Å². The fourth-order valence-electron chi connectivity index (χ4n) is 3.38. The largest absolute Gasteiger partial charge is 0.451 e. The predicted molar refractivity (Wildman–Crippen MR) is 106 cm³/mol. The smallest absolute Gasteiger partial charge is 0.355 e. The lowest BCUT2D eigenvalue weighted by Gasteiger charge is -2.28. The normalized spacial score (nSPS) is 20.7. The molecule has 1 saturated carbocycles. The number of nitrogens with zero attached hydrogens (tertiary/aromatic N) is 1. The Morgan fingerprint density at radius 2 is 1.83 bits per heavy atom. The van der Waals surface area contributed by atoms with E-state index in [1.165, 1.54) is 13.0 Å². The highest BCUT2D eigenvalue weighted by atomic mass is 32.2. The molecule has 0 unspecified atom stereocenters. The van der Waals surface area contributed by atoms with E-state index in [9.17, 15) is 22.8 Å². The molecule has 0 aromatic heterocycles. The Morgan fingerprint density at radius 3 is 2.38 bits per heavy atom. The van der Waals surface area contributed by atoms with Gasteiger partial charge >= 0.3 is 5.97 Å². The number of rotatable bonds is 7. The molecule has 2 amide bonds. The molecule has 0 radical (unpaired) electrons. The van der Waals surface area contributed by atoms with Gasteiger partial charge in [0.05, 0.1) is 11.5 Å². The number of amides is 2. The van der Waals surface area contributed by atoms with Crippen molar-refractivity contribution in [2.75, 3.05) is 18.1 Å². The molecule has 0 spiro atoms. The van der Waals surface area contributed by atoms with E-state index in [1.807, 2.05) is 6.07 Å². The number of benzene rings is 1. The summed E-state index contributed by atoms with van der Waals surface area (Å²) in [4.78, 5) is 38.1. The molecule has 9 heteroatoms. The third kappa shape index (κ3) is 5.90.